The molecule has 4 nitrogen and oxygen atoms in total. The van der Waals surface area contributed by atoms with Crippen molar-refractivity contribution in [2.24, 2.45) is 5.92 Å². The van der Waals surface area contributed by atoms with E-state index in [4.69, 9.17) is 23.2 Å². The van der Waals surface area contributed by atoms with E-state index >= 15 is 0 Å². The van der Waals surface area contributed by atoms with Crippen LogP contribution in [0.25, 0.3) is 0 Å². The summed E-state index contributed by atoms with van der Waals surface area (Å²) in [4.78, 5) is 0.214. The topological polar surface area (TPSA) is 49.4 Å². The van der Waals surface area contributed by atoms with Gasteiger partial charge in [-0.2, -0.15) is 4.31 Å². The van der Waals surface area contributed by atoms with E-state index in [0.717, 1.165) is 19.5 Å². The number of hydrogen-bond donors (Lipinski definition) is 1. The first kappa shape index (κ1) is 14.6. The molecule has 1 aromatic rings. The van der Waals surface area contributed by atoms with Crippen molar-refractivity contribution < 1.29 is 8.42 Å². The van der Waals surface area contributed by atoms with Crippen molar-refractivity contribution in [3.63, 3.8) is 0 Å². The van der Waals surface area contributed by atoms with Crippen LogP contribution in [0.2, 0.25) is 10.0 Å². The number of fused-ring (bicyclic) bond motifs is 1. The first-order chi connectivity index (χ1) is 9.41. The van der Waals surface area contributed by atoms with E-state index in [-0.39, 0.29) is 22.0 Å². The molecule has 1 N–H and O–H groups in total. The van der Waals surface area contributed by atoms with Gasteiger partial charge in [-0.15, -0.1) is 0 Å². The van der Waals surface area contributed by atoms with E-state index < -0.39 is 10.0 Å². The average Bonchev–Trinajstić information content (AvgIpc) is 2.91. The molecule has 2 aliphatic heterocycles. The first-order valence-corrected chi connectivity index (χ1v) is 8.80. The quantitative estimate of drug-likeness (QED) is 0.903. The molecule has 20 heavy (non-hydrogen) atoms. The summed E-state index contributed by atoms with van der Waals surface area (Å²) in [6, 6.07) is 4.55. The fraction of sp³-hybridized carbons (Fsp3) is 0.538. The molecule has 3 rings (SSSR count). The van der Waals surface area contributed by atoms with Gasteiger partial charge in [-0.25, -0.2) is 8.42 Å². The highest BCUT2D eigenvalue weighted by Gasteiger charge is 2.47. The largest absolute Gasteiger partial charge is 0.315 e. The molecule has 2 fully saturated rings. The third-order valence-corrected chi connectivity index (χ3v) is 6.95. The molecule has 0 radical (unpaired) electrons. The first-order valence-electron chi connectivity index (χ1n) is 6.60. The van der Waals surface area contributed by atoms with Crippen LogP contribution < -0.4 is 5.32 Å². The highest BCUT2D eigenvalue weighted by molar-refractivity contribution is 7.89. The van der Waals surface area contributed by atoms with E-state index in [1.165, 1.54) is 18.2 Å². The Balaban J connectivity index is 2.00. The fourth-order valence-corrected chi connectivity index (χ4v) is 5.58. The minimum Gasteiger partial charge on any atom is -0.315 e. The zero-order chi connectivity index (χ0) is 14.5. The maximum atomic E-state index is 12.8. The van der Waals surface area contributed by atoms with Crippen LogP contribution in [0, 0.1) is 5.92 Å². The predicted molar refractivity (Wildman–Crippen MR) is 79.7 cm³/mol. The zero-order valence-electron chi connectivity index (χ0n) is 11.0. The van der Waals surface area contributed by atoms with Gasteiger partial charge < -0.3 is 5.32 Å². The lowest BCUT2D eigenvalue weighted by atomic mass is 10.0. The number of nitrogens with zero attached hydrogens (tertiary/aromatic N) is 1. The molecule has 3 unspecified atom stereocenters. The average molecular weight is 335 g/mol. The van der Waals surface area contributed by atoms with Crippen molar-refractivity contribution in [1.82, 2.24) is 9.62 Å². The molecule has 7 heteroatoms. The predicted octanol–water partition coefficient (Wildman–Crippen LogP) is 2.36. The summed E-state index contributed by atoms with van der Waals surface area (Å²) in [5.41, 5.74) is 0. The number of sulfonamides is 1. The van der Waals surface area contributed by atoms with Gasteiger partial charge in [0.2, 0.25) is 10.0 Å². The van der Waals surface area contributed by atoms with Crippen LogP contribution in [0.3, 0.4) is 0 Å². The lowest BCUT2D eigenvalue weighted by molar-refractivity contribution is 0.336. The Kier molecular flexibility index (Phi) is 3.75. The Morgan fingerprint density at radius 1 is 1.25 bits per heavy atom. The monoisotopic (exact) mass is 334 g/mol. The summed E-state index contributed by atoms with van der Waals surface area (Å²) >= 11 is 11.8. The fourth-order valence-electron chi connectivity index (χ4n) is 3.30. The van der Waals surface area contributed by atoms with Gasteiger partial charge in [0.1, 0.15) is 0 Å². The second-order valence-electron chi connectivity index (χ2n) is 5.48. The molecule has 2 aliphatic rings. The van der Waals surface area contributed by atoms with Crippen LogP contribution in [-0.4, -0.2) is 37.9 Å². The lowest BCUT2D eigenvalue weighted by Crippen LogP contribution is -2.42. The van der Waals surface area contributed by atoms with Crippen LogP contribution in [0.4, 0.5) is 0 Å². The van der Waals surface area contributed by atoms with E-state index in [0.29, 0.717) is 10.9 Å². The summed E-state index contributed by atoms with van der Waals surface area (Å²) in [6.07, 6.45) is 0.901. The van der Waals surface area contributed by atoms with Crippen LogP contribution in [-0.2, 0) is 10.0 Å². The molecule has 2 heterocycles. The van der Waals surface area contributed by atoms with Crippen LogP contribution in [0.1, 0.15) is 13.3 Å². The number of halogens is 2. The molecule has 0 amide bonds. The second kappa shape index (κ2) is 5.14. The summed E-state index contributed by atoms with van der Waals surface area (Å²) in [5.74, 6) is 0.405. The number of benzene rings is 1. The van der Waals surface area contributed by atoms with Crippen molar-refractivity contribution in [3.05, 3.63) is 28.2 Å². The van der Waals surface area contributed by atoms with Crippen molar-refractivity contribution in [2.75, 3.05) is 13.1 Å². The molecule has 0 bridgehead atoms. The second-order valence-corrected chi connectivity index (χ2v) is 8.14. The summed E-state index contributed by atoms with van der Waals surface area (Å²) in [7, 11) is -3.53. The Labute approximate surface area is 129 Å². The maximum absolute atomic E-state index is 12.8. The number of rotatable bonds is 2. The maximum Gasteiger partial charge on any atom is 0.243 e. The number of hydrogen-bond acceptors (Lipinski definition) is 3. The van der Waals surface area contributed by atoms with Crippen molar-refractivity contribution >= 4 is 33.2 Å². The molecular weight excluding hydrogens is 319 g/mol. The standard InChI is InChI=1S/C13H16Cl2N2O2S/c1-8-4-9-6-16-7-13(9)17(8)20(18,19)10-2-3-11(14)12(15)5-10/h2-3,5,8-9,13,16H,4,6-7H2,1H3. The van der Waals surface area contributed by atoms with Crippen LogP contribution in [0.15, 0.2) is 23.1 Å². The molecular formula is C13H16Cl2N2O2S. The van der Waals surface area contributed by atoms with E-state index in [2.05, 4.69) is 5.32 Å². The van der Waals surface area contributed by atoms with E-state index in [1.54, 1.807) is 4.31 Å². The molecule has 2 saturated heterocycles. The Morgan fingerprint density at radius 2 is 2.00 bits per heavy atom. The summed E-state index contributed by atoms with van der Waals surface area (Å²) in [5, 5.41) is 3.89. The van der Waals surface area contributed by atoms with Crippen LogP contribution in [0.5, 0.6) is 0 Å². The molecule has 0 spiro atoms. The third-order valence-electron chi connectivity index (χ3n) is 4.18. The van der Waals surface area contributed by atoms with Gasteiger partial charge in [-0.1, -0.05) is 23.2 Å². The van der Waals surface area contributed by atoms with E-state index in [1.807, 2.05) is 6.92 Å². The molecule has 1 aromatic carbocycles. The van der Waals surface area contributed by atoms with Gasteiger partial charge in [0, 0.05) is 18.6 Å². The molecule has 110 valence electrons. The van der Waals surface area contributed by atoms with E-state index in [9.17, 15) is 8.42 Å². The Bertz CT molecular complexity index is 635. The lowest BCUT2D eigenvalue weighted by Gasteiger charge is -2.26. The minimum absolute atomic E-state index is 0.0200. The normalized spacial score (nSPS) is 30.6. The van der Waals surface area contributed by atoms with Crippen LogP contribution >= 0.6 is 23.2 Å². The van der Waals surface area contributed by atoms with Gasteiger partial charge in [0.05, 0.1) is 14.9 Å². The highest BCUT2D eigenvalue weighted by Crippen LogP contribution is 2.37. The SMILES string of the molecule is CC1CC2CNCC2N1S(=O)(=O)c1ccc(Cl)c(Cl)c1. The van der Waals surface area contributed by atoms with Gasteiger partial charge in [-0.05, 0) is 44.0 Å². The van der Waals surface area contributed by atoms with Gasteiger partial charge >= 0.3 is 0 Å². The highest BCUT2D eigenvalue weighted by atomic mass is 35.5. The Morgan fingerprint density at radius 3 is 2.70 bits per heavy atom. The molecule has 0 aromatic heterocycles. The third kappa shape index (κ3) is 2.25. The van der Waals surface area contributed by atoms with Gasteiger partial charge in [0.25, 0.3) is 0 Å². The molecule has 0 saturated carbocycles. The molecule has 3 atom stereocenters. The zero-order valence-corrected chi connectivity index (χ0v) is 13.3. The van der Waals surface area contributed by atoms with Crippen molar-refractivity contribution in [1.29, 1.82) is 0 Å². The molecule has 0 aliphatic carbocycles. The number of nitrogens with one attached hydrogen (secondary N) is 1. The summed E-state index contributed by atoms with van der Waals surface area (Å²) in [6.45, 7) is 3.57. The Hall–Kier alpha value is -0.330. The van der Waals surface area contributed by atoms with Crippen molar-refractivity contribution in [2.45, 2.75) is 30.3 Å². The van der Waals surface area contributed by atoms with Gasteiger partial charge in [0.15, 0.2) is 0 Å². The van der Waals surface area contributed by atoms with Gasteiger partial charge in [-0.3, -0.25) is 0 Å². The van der Waals surface area contributed by atoms with Crippen molar-refractivity contribution in [3.8, 4) is 0 Å². The minimum atomic E-state index is -3.53. The summed E-state index contributed by atoms with van der Waals surface area (Å²) < 4.78 is 27.3. The smallest absolute Gasteiger partial charge is 0.243 e.